The van der Waals surface area contributed by atoms with Gasteiger partial charge in [0.2, 0.25) is 5.91 Å². The van der Waals surface area contributed by atoms with Gasteiger partial charge in [0.05, 0.1) is 34.1 Å². The number of carbonyl (C=O) groups excluding carboxylic acids is 1. The number of nitrogens with zero attached hydrogens (tertiary/aromatic N) is 5. The minimum absolute atomic E-state index is 0.0557. The molecule has 33 heavy (non-hydrogen) atoms. The summed E-state index contributed by atoms with van der Waals surface area (Å²) >= 11 is 1.61. The van der Waals surface area contributed by atoms with Gasteiger partial charge in [-0.2, -0.15) is 5.10 Å². The van der Waals surface area contributed by atoms with Crippen molar-refractivity contribution in [2.24, 2.45) is 0 Å². The van der Waals surface area contributed by atoms with Crippen LogP contribution in [0.25, 0.3) is 27.5 Å². The van der Waals surface area contributed by atoms with E-state index >= 15 is 0 Å². The van der Waals surface area contributed by atoms with Gasteiger partial charge in [-0.3, -0.25) is 4.79 Å². The Morgan fingerprint density at radius 1 is 1.18 bits per heavy atom. The van der Waals surface area contributed by atoms with Crippen LogP contribution < -0.4 is 5.73 Å². The third-order valence-electron chi connectivity index (χ3n) is 5.99. The Balaban J connectivity index is 1.73. The molecule has 3 aromatic heterocycles. The minimum Gasteiger partial charge on any atom is -0.384 e. The number of carbonyl (C=O) groups is 1. The third kappa shape index (κ3) is 3.91. The molecule has 0 aliphatic heterocycles. The fourth-order valence-electron chi connectivity index (χ4n) is 4.22. The van der Waals surface area contributed by atoms with Gasteiger partial charge in [-0.05, 0) is 49.9 Å². The highest BCUT2D eigenvalue weighted by molar-refractivity contribution is 7.15. The SMILES string of the molecule is Cc1ccccc1-n1nc(-c2ccc(N)nc2)c2c1-c1sc(CC(=O)N(C)C)nc1CCC2. The van der Waals surface area contributed by atoms with Gasteiger partial charge in [-0.15, -0.1) is 11.3 Å². The number of benzene rings is 1. The second kappa shape index (κ2) is 8.44. The molecule has 168 valence electrons. The Kier molecular flexibility index (Phi) is 5.46. The molecule has 0 saturated carbocycles. The Morgan fingerprint density at radius 3 is 2.73 bits per heavy atom. The van der Waals surface area contributed by atoms with Crippen LogP contribution in [-0.4, -0.2) is 44.7 Å². The average Bonchev–Trinajstić information content (AvgIpc) is 3.31. The summed E-state index contributed by atoms with van der Waals surface area (Å²) in [6, 6.07) is 12.1. The van der Waals surface area contributed by atoms with Crippen molar-refractivity contribution in [1.29, 1.82) is 0 Å². The molecule has 7 nitrogen and oxygen atoms in total. The van der Waals surface area contributed by atoms with Gasteiger partial charge in [0, 0.05) is 31.4 Å². The molecule has 0 fully saturated rings. The van der Waals surface area contributed by atoms with Gasteiger partial charge in [-0.1, -0.05) is 18.2 Å². The lowest BCUT2D eigenvalue weighted by molar-refractivity contribution is -0.127. The zero-order valence-electron chi connectivity index (χ0n) is 19.0. The van der Waals surface area contributed by atoms with Crippen molar-refractivity contribution in [2.45, 2.75) is 32.6 Å². The van der Waals surface area contributed by atoms with E-state index in [1.165, 1.54) is 5.56 Å². The number of aryl methyl sites for hydroxylation is 2. The Bertz CT molecular complexity index is 1340. The topological polar surface area (TPSA) is 89.9 Å². The molecule has 1 aromatic carbocycles. The van der Waals surface area contributed by atoms with Crippen molar-refractivity contribution < 1.29 is 4.79 Å². The maximum absolute atomic E-state index is 12.3. The normalized spacial score (nSPS) is 12.7. The monoisotopic (exact) mass is 458 g/mol. The number of amides is 1. The maximum atomic E-state index is 12.3. The number of aromatic nitrogens is 4. The predicted molar refractivity (Wildman–Crippen MR) is 131 cm³/mol. The van der Waals surface area contributed by atoms with Crippen LogP contribution in [0.4, 0.5) is 5.82 Å². The lowest BCUT2D eigenvalue weighted by Crippen LogP contribution is -2.23. The highest BCUT2D eigenvalue weighted by atomic mass is 32.1. The largest absolute Gasteiger partial charge is 0.384 e. The number of rotatable bonds is 4. The van der Waals surface area contributed by atoms with Crippen molar-refractivity contribution >= 4 is 23.1 Å². The molecule has 3 heterocycles. The van der Waals surface area contributed by atoms with Gasteiger partial charge in [0.25, 0.3) is 0 Å². The predicted octanol–water partition coefficient (Wildman–Crippen LogP) is 4.07. The first-order chi connectivity index (χ1) is 15.9. The zero-order chi connectivity index (χ0) is 23.1. The van der Waals surface area contributed by atoms with E-state index in [4.69, 9.17) is 15.8 Å². The van der Waals surface area contributed by atoms with Crippen LogP contribution in [-0.2, 0) is 24.1 Å². The summed E-state index contributed by atoms with van der Waals surface area (Å²) in [5, 5.41) is 5.95. The summed E-state index contributed by atoms with van der Waals surface area (Å²) in [5.41, 5.74) is 13.2. The maximum Gasteiger partial charge on any atom is 0.228 e. The number of hydrogen-bond donors (Lipinski definition) is 1. The Morgan fingerprint density at radius 2 is 2.00 bits per heavy atom. The van der Waals surface area contributed by atoms with Crippen LogP contribution >= 0.6 is 11.3 Å². The van der Waals surface area contributed by atoms with Crippen molar-refractivity contribution in [2.75, 3.05) is 19.8 Å². The lowest BCUT2D eigenvalue weighted by atomic mass is 10.0. The zero-order valence-corrected chi connectivity index (χ0v) is 19.8. The van der Waals surface area contributed by atoms with Crippen LogP contribution in [0.1, 0.15) is 28.2 Å². The number of nitrogen functional groups attached to an aromatic ring is 1. The summed E-state index contributed by atoms with van der Waals surface area (Å²) in [5.74, 6) is 0.545. The van der Waals surface area contributed by atoms with Gasteiger partial charge in [0.15, 0.2) is 0 Å². The first-order valence-corrected chi connectivity index (χ1v) is 11.8. The Labute approximate surface area is 196 Å². The van der Waals surface area contributed by atoms with E-state index in [2.05, 4.69) is 28.7 Å². The number of fused-ring (bicyclic) bond motifs is 3. The minimum atomic E-state index is 0.0557. The molecule has 4 aromatic rings. The van der Waals surface area contributed by atoms with E-state index in [0.29, 0.717) is 12.2 Å². The molecule has 0 saturated heterocycles. The van der Waals surface area contributed by atoms with Crippen molar-refractivity contribution in [1.82, 2.24) is 24.6 Å². The van der Waals surface area contributed by atoms with Gasteiger partial charge < -0.3 is 10.6 Å². The molecule has 0 radical (unpaired) electrons. The third-order valence-corrected chi connectivity index (χ3v) is 7.09. The second-order valence-corrected chi connectivity index (χ2v) is 9.63. The van der Waals surface area contributed by atoms with Gasteiger partial charge >= 0.3 is 0 Å². The van der Waals surface area contributed by atoms with Crippen molar-refractivity contribution in [3.8, 4) is 27.5 Å². The van der Waals surface area contributed by atoms with E-state index in [0.717, 1.165) is 63.0 Å². The highest BCUT2D eigenvalue weighted by Crippen LogP contribution is 2.42. The molecule has 0 atom stereocenters. The summed E-state index contributed by atoms with van der Waals surface area (Å²) in [7, 11) is 3.55. The van der Waals surface area contributed by atoms with Crippen LogP contribution in [0.5, 0.6) is 0 Å². The molecule has 1 aliphatic rings. The van der Waals surface area contributed by atoms with Crippen LogP contribution in [0.2, 0.25) is 0 Å². The fourth-order valence-corrected chi connectivity index (χ4v) is 5.38. The molecule has 2 N–H and O–H groups in total. The molecular weight excluding hydrogens is 432 g/mol. The van der Waals surface area contributed by atoms with Crippen LogP contribution in [0.3, 0.4) is 0 Å². The number of anilines is 1. The highest BCUT2D eigenvalue weighted by Gasteiger charge is 2.29. The standard InChI is InChI=1S/C25H26N6OS/c1-15-7-4-5-10-19(15)31-24-17(23(29-31)16-11-12-20(26)27-14-16)8-6-9-18-25(24)33-21(28-18)13-22(32)30(2)3/h4-5,7,10-12,14H,6,8-9,13H2,1-3H3,(H2,26,27). The lowest BCUT2D eigenvalue weighted by Gasteiger charge is -2.10. The first-order valence-electron chi connectivity index (χ1n) is 11.0. The molecule has 0 bridgehead atoms. The molecule has 8 heteroatoms. The van der Waals surface area contributed by atoms with Crippen LogP contribution in [0, 0.1) is 6.92 Å². The first kappa shape index (κ1) is 21.3. The quantitative estimate of drug-likeness (QED) is 0.498. The second-order valence-electron chi connectivity index (χ2n) is 8.55. The molecule has 0 spiro atoms. The van der Waals surface area contributed by atoms with Gasteiger partial charge in [0.1, 0.15) is 10.8 Å². The summed E-state index contributed by atoms with van der Waals surface area (Å²) < 4.78 is 2.05. The van der Waals surface area contributed by atoms with E-state index in [-0.39, 0.29) is 5.91 Å². The fraction of sp³-hybridized carbons (Fsp3) is 0.280. The molecule has 1 amide bonds. The molecular formula is C25H26N6OS. The number of pyridine rings is 1. The van der Waals surface area contributed by atoms with Crippen LogP contribution in [0.15, 0.2) is 42.6 Å². The smallest absolute Gasteiger partial charge is 0.228 e. The number of thiazole rings is 1. The average molecular weight is 459 g/mol. The van der Waals surface area contributed by atoms with E-state index in [9.17, 15) is 4.79 Å². The Hall–Kier alpha value is -3.52. The molecule has 5 rings (SSSR count). The van der Waals surface area contributed by atoms with E-state index < -0.39 is 0 Å². The van der Waals surface area contributed by atoms with Crippen molar-refractivity contribution in [3.05, 3.63) is 64.4 Å². The van der Waals surface area contributed by atoms with E-state index in [1.807, 2.05) is 24.3 Å². The number of para-hydroxylation sites is 1. The molecule has 1 aliphatic carbocycles. The summed E-state index contributed by atoms with van der Waals surface area (Å²) in [6.45, 7) is 2.10. The van der Waals surface area contributed by atoms with E-state index in [1.54, 1.807) is 36.5 Å². The summed E-state index contributed by atoms with van der Waals surface area (Å²) in [6.07, 6.45) is 4.85. The number of likely N-dealkylation sites (N-methyl/N-ethyl adjacent to an activating group) is 1. The van der Waals surface area contributed by atoms with Crippen molar-refractivity contribution in [3.63, 3.8) is 0 Å². The summed E-state index contributed by atoms with van der Waals surface area (Å²) in [4.78, 5) is 24.3. The van der Waals surface area contributed by atoms with Gasteiger partial charge in [-0.25, -0.2) is 14.6 Å². The number of hydrogen-bond acceptors (Lipinski definition) is 6. The molecule has 0 unspecified atom stereocenters. The number of nitrogens with two attached hydrogens (primary N) is 1.